The van der Waals surface area contributed by atoms with Gasteiger partial charge in [-0.3, -0.25) is 0 Å². The first-order chi connectivity index (χ1) is 18.0. The number of carbonyl (C=O) groups excluding carboxylic acids is 2. The van der Waals surface area contributed by atoms with E-state index in [0.29, 0.717) is 11.1 Å². The van der Waals surface area contributed by atoms with Crippen LogP contribution < -0.4 is 0 Å². The van der Waals surface area contributed by atoms with Gasteiger partial charge in [-0.15, -0.1) is 0 Å². The van der Waals surface area contributed by atoms with Crippen molar-refractivity contribution in [3.05, 3.63) is 59.7 Å². The smallest absolute Gasteiger partial charge is 0.364 e. The number of ether oxygens (including phenoxy) is 4. The second-order valence-corrected chi connectivity index (χ2v) is 8.66. The minimum absolute atomic E-state index is 0.0967. The Morgan fingerprint density at radius 3 is 2.00 bits per heavy atom. The quantitative estimate of drug-likeness (QED) is 0.191. The lowest BCUT2D eigenvalue weighted by molar-refractivity contribution is -0.231. The lowest BCUT2D eigenvalue weighted by atomic mass is 9.99. The van der Waals surface area contributed by atoms with Crippen molar-refractivity contribution in [1.29, 1.82) is 0 Å². The van der Waals surface area contributed by atoms with E-state index in [1.165, 1.54) is 48.6 Å². The summed E-state index contributed by atoms with van der Waals surface area (Å²) >= 11 is 0. The maximum atomic E-state index is 12.3. The van der Waals surface area contributed by atoms with Crippen LogP contribution in [-0.2, 0) is 33.3 Å². The first kappa shape index (κ1) is 26.5. The van der Waals surface area contributed by atoms with Crippen molar-refractivity contribution in [1.82, 2.24) is 0 Å². The number of phenolic OH excluding ortho intramolecular Hbond substituents is 4. The van der Waals surface area contributed by atoms with Crippen molar-refractivity contribution in [3.8, 4) is 23.0 Å². The average molecular weight is 528 g/mol. The van der Waals surface area contributed by atoms with Crippen LogP contribution in [0, 0.1) is 0 Å². The Morgan fingerprint density at radius 2 is 1.45 bits per heavy atom. The number of carbonyl (C=O) groups is 3. The Hall–Kier alpha value is -4.55. The summed E-state index contributed by atoms with van der Waals surface area (Å²) in [5.41, 5.74) is 0.854. The molecule has 0 spiro atoms. The fourth-order valence-electron chi connectivity index (χ4n) is 4.06. The van der Waals surface area contributed by atoms with Crippen molar-refractivity contribution in [2.24, 2.45) is 0 Å². The van der Waals surface area contributed by atoms with Crippen LogP contribution in [0.2, 0.25) is 0 Å². The monoisotopic (exact) mass is 528 g/mol. The third-order valence-electron chi connectivity index (χ3n) is 5.91. The molecule has 4 rings (SSSR count). The molecule has 38 heavy (non-hydrogen) atoms. The van der Waals surface area contributed by atoms with E-state index < -0.39 is 42.0 Å². The van der Waals surface area contributed by atoms with Gasteiger partial charge in [0.15, 0.2) is 23.0 Å². The zero-order valence-electron chi connectivity index (χ0n) is 19.7. The predicted octanol–water partition coefficient (Wildman–Crippen LogP) is 2.05. The Bertz CT molecular complexity index is 1300. The van der Waals surface area contributed by atoms with E-state index in [2.05, 4.69) is 0 Å². The van der Waals surface area contributed by atoms with E-state index in [9.17, 15) is 39.9 Å². The highest BCUT2D eigenvalue weighted by Crippen LogP contribution is 2.41. The lowest BCUT2D eigenvalue weighted by Gasteiger charge is -2.32. The normalized spacial score (nSPS) is 24.5. The highest BCUT2D eigenvalue weighted by atomic mass is 16.8. The summed E-state index contributed by atoms with van der Waals surface area (Å²) in [4.78, 5) is 36.4. The van der Waals surface area contributed by atoms with Gasteiger partial charge in [-0.25, -0.2) is 14.4 Å². The molecule has 0 saturated carbocycles. The van der Waals surface area contributed by atoms with Crippen LogP contribution in [0.25, 0.3) is 12.2 Å². The minimum atomic E-state index is -2.07. The molecule has 2 heterocycles. The maximum absolute atomic E-state index is 12.3. The number of carboxylic acids is 1. The molecule has 2 bridgehead atoms. The van der Waals surface area contributed by atoms with Crippen LogP contribution in [0.3, 0.4) is 0 Å². The SMILES string of the molecule is O=C(/C=C/c1ccc(O)c(O)c1)OC[C@@H]1O[C@]2(C(=O)O)C[C@H](OC(=O)/C=C/c3ccc(O)c(O)c3)C[C@H]1O2. The van der Waals surface area contributed by atoms with Crippen molar-refractivity contribution < 1.29 is 58.9 Å². The fraction of sp³-hybridized carbons (Fsp3) is 0.269. The van der Waals surface area contributed by atoms with Gasteiger partial charge in [-0.05, 0) is 47.5 Å². The minimum Gasteiger partial charge on any atom is -0.504 e. The van der Waals surface area contributed by atoms with Gasteiger partial charge < -0.3 is 44.5 Å². The van der Waals surface area contributed by atoms with E-state index >= 15 is 0 Å². The van der Waals surface area contributed by atoms with Crippen LogP contribution in [-0.4, -0.2) is 74.1 Å². The summed E-state index contributed by atoms with van der Waals surface area (Å²) in [5.74, 6) is -6.35. The Balaban J connectivity index is 1.34. The van der Waals surface area contributed by atoms with E-state index in [0.717, 1.165) is 12.2 Å². The second-order valence-electron chi connectivity index (χ2n) is 8.66. The van der Waals surface area contributed by atoms with Gasteiger partial charge in [0, 0.05) is 18.6 Å². The van der Waals surface area contributed by atoms with Crippen molar-refractivity contribution in [3.63, 3.8) is 0 Å². The number of fused-ring (bicyclic) bond motifs is 2. The van der Waals surface area contributed by atoms with E-state index in [1.807, 2.05) is 0 Å². The molecular weight excluding hydrogens is 504 g/mol. The number of phenols is 4. The van der Waals surface area contributed by atoms with Gasteiger partial charge in [0.05, 0.1) is 12.5 Å². The van der Waals surface area contributed by atoms with Crippen LogP contribution in [0.5, 0.6) is 23.0 Å². The number of hydrogen-bond donors (Lipinski definition) is 5. The molecule has 0 radical (unpaired) electrons. The predicted molar refractivity (Wildman–Crippen MR) is 128 cm³/mol. The highest BCUT2D eigenvalue weighted by Gasteiger charge is 2.59. The van der Waals surface area contributed by atoms with Gasteiger partial charge in [-0.1, -0.05) is 12.1 Å². The number of benzene rings is 2. The summed E-state index contributed by atoms with van der Waals surface area (Å²) in [6.45, 7) is -0.325. The van der Waals surface area contributed by atoms with Crippen LogP contribution in [0.15, 0.2) is 48.6 Å². The summed E-state index contributed by atoms with van der Waals surface area (Å²) in [6, 6.07) is 7.95. The molecule has 5 N–H and O–H groups in total. The molecule has 2 aromatic carbocycles. The molecule has 2 aromatic rings. The molecule has 0 amide bonds. The molecule has 2 aliphatic heterocycles. The first-order valence-electron chi connectivity index (χ1n) is 11.4. The molecule has 12 heteroatoms. The lowest BCUT2D eigenvalue weighted by Crippen LogP contribution is -2.47. The van der Waals surface area contributed by atoms with Gasteiger partial charge in [0.2, 0.25) is 0 Å². The zero-order chi connectivity index (χ0) is 27.4. The number of aliphatic carboxylic acids is 1. The number of hydrogen-bond acceptors (Lipinski definition) is 11. The summed E-state index contributed by atoms with van der Waals surface area (Å²) in [5, 5.41) is 47.5. The summed E-state index contributed by atoms with van der Waals surface area (Å²) in [6.07, 6.45) is 2.08. The van der Waals surface area contributed by atoms with Crippen molar-refractivity contribution in [2.75, 3.05) is 6.61 Å². The Labute approximate surface area is 215 Å². The number of aromatic hydroxyl groups is 4. The molecule has 2 fully saturated rings. The molecule has 12 nitrogen and oxygen atoms in total. The van der Waals surface area contributed by atoms with Crippen LogP contribution in [0.4, 0.5) is 0 Å². The highest BCUT2D eigenvalue weighted by molar-refractivity contribution is 5.88. The number of rotatable bonds is 8. The molecule has 0 aliphatic carbocycles. The molecule has 4 atom stereocenters. The van der Waals surface area contributed by atoms with Gasteiger partial charge in [-0.2, -0.15) is 0 Å². The number of esters is 2. The maximum Gasteiger partial charge on any atom is 0.364 e. The van der Waals surface area contributed by atoms with Crippen LogP contribution >= 0.6 is 0 Å². The molecule has 2 saturated heterocycles. The summed E-state index contributed by atoms with van der Waals surface area (Å²) < 4.78 is 21.7. The van der Waals surface area contributed by atoms with Crippen LogP contribution in [0.1, 0.15) is 24.0 Å². The van der Waals surface area contributed by atoms with Crippen molar-refractivity contribution in [2.45, 2.75) is 36.9 Å². The summed E-state index contributed by atoms with van der Waals surface area (Å²) in [7, 11) is 0. The fourth-order valence-corrected chi connectivity index (χ4v) is 4.06. The first-order valence-corrected chi connectivity index (χ1v) is 11.4. The third kappa shape index (κ3) is 6.05. The third-order valence-corrected chi connectivity index (χ3v) is 5.91. The van der Waals surface area contributed by atoms with Gasteiger partial charge in [0.1, 0.15) is 18.8 Å². The molecule has 2 aliphatic rings. The number of carboxylic acid groups (broad SMARTS) is 1. The molecule has 0 aromatic heterocycles. The van der Waals surface area contributed by atoms with E-state index in [-0.39, 0.29) is 42.4 Å². The van der Waals surface area contributed by atoms with E-state index in [4.69, 9.17) is 18.9 Å². The second kappa shape index (κ2) is 10.8. The largest absolute Gasteiger partial charge is 0.504 e. The average Bonchev–Trinajstić information content (AvgIpc) is 3.14. The molecule has 0 unspecified atom stereocenters. The zero-order valence-corrected chi connectivity index (χ0v) is 19.7. The van der Waals surface area contributed by atoms with E-state index in [1.54, 1.807) is 0 Å². The standard InChI is InChI=1S/C26H24O12/c27-17-5-1-14(9-19(17)29)3-7-23(31)35-13-22-21-11-16(12-26(37-21,38-22)25(33)34)36-24(32)8-4-15-2-6-18(28)20(30)10-15/h1-10,16,21-22,27-30H,11-13H2,(H,33,34)/b7-3+,8-4+/t16-,21-,22+,26+/m1/s1. The Morgan fingerprint density at radius 1 is 0.868 bits per heavy atom. The topological polar surface area (TPSA) is 189 Å². The molecule has 200 valence electrons. The van der Waals surface area contributed by atoms with Crippen molar-refractivity contribution >= 4 is 30.1 Å². The van der Waals surface area contributed by atoms with Gasteiger partial charge in [0.25, 0.3) is 5.79 Å². The molecular formula is C26H24O12. The van der Waals surface area contributed by atoms with Gasteiger partial charge >= 0.3 is 17.9 Å². The Kier molecular flexibility index (Phi) is 7.55.